The number of carboxylic acid groups (broad SMARTS) is 1. The maximum absolute atomic E-state index is 11.4. The number of hydrogen-bond acceptors (Lipinski definition) is 6. The summed E-state index contributed by atoms with van der Waals surface area (Å²) < 4.78 is 4.90. The van der Waals surface area contributed by atoms with Crippen LogP contribution in [0, 0.1) is 0 Å². The molecule has 1 heterocycles. The molecule has 0 spiro atoms. The third-order valence-corrected chi connectivity index (χ3v) is 3.16. The molecule has 5 N–H and O–H groups in total. The van der Waals surface area contributed by atoms with Crippen LogP contribution >= 0.6 is 0 Å². The smallest absolute Gasteiger partial charge is 0.351 e. The fraction of sp³-hybridized carbons (Fsp3) is 0.286. The third-order valence-electron chi connectivity index (χ3n) is 3.16. The number of carbonyl (C=O) groups is 1. The molecule has 0 aliphatic carbocycles. The molecule has 0 bridgehead atoms. The maximum Gasteiger partial charge on any atom is 0.351 e. The summed E-state index contributed by atoms with van der Waals surface area (Å²) in [5.74, 6) is -1.39. The summed E-state index contributed by atoms with van der Waals surface area (Å²) in [7, 11) is 0. The number of carboxylic acids is 1. The van der Waals surface area contributed by atoms with E-state index in [1.807, 2.05) is 0 Å². The van der Waals surface area contributed by atoms with E-state index in [0.29, 0.717) is 10.9 Å². The van der Waals surface area contributed by atoms with Gasteiger partial charge in [-0.25, -0.2) is 9.59 Å². The van der Waals surface area contributed by atoms with Crippen molar-refractivity contribution < 1.29 is 24.5 Å². The molecule has 7 heteroatoms. The summed E-state index contributed by atoms with van der Waals surface area (Å²) >= 11 is 0. The molecule has 2 rings (SSSR count). The number of fused-ring (bicyclic) bond motifs is 1. The topological polar surface area (TPSA) is 134 Å². The van der Waals surface area contributed by atoms with Crippen LogP contribution < -0.4 is 11.4 Å². The van der Waals surface area contributed by atoms with Gasteiger partial charge in [-0.05, 0) is 36.7 Å². The number of hydrogen-bond donors (Lipinski definition) is 4. The van der Waals surface area contributed by atoms with Gasteiger partial charge in [-0.15, -0.1) is 0 Å². The minimum Gasteiger partial charge on any atom is -0.477 e. The largest absolute Gasteiger partial charge is 0.477 e. The van der Waals surface area contributed by atoms with E-state index in [9.17, 15) is 19.8 Å². The summed E-state index contributed by atoms with van der Waals surface area (Å²) in [4.78, 5) is 22.4. The van der Waals surface area contributed by atoms with Crippen molar-refractivity contribution >= 4 is 16.9 Å². The van der Waals surface area contributed by atoms with E-state index in [0.717, 1.165) is 0 Å². The van der Waals surface area contributed by atoms with Crippen LogP contribution in [0.25, 0.3) is 11.0 Å². The van der Waals surface area contributed by atoms with E-state index in [1.165, 1.54) is 24.3 Å². The Morgan fingerprint density at radius 3 is 2.62 bits per heavy atom. The quantitative estimate of drug-likeness (QED) is 0.580. The minimum absolute atomic E-state index is 0.203. The fourth-order valence-electron chi connectivity index (χ4n) is 2.03. The lowest BCUT2D eigenvalue weighted by Crippen LogP contribution is -2.21. The standard InChI is InChI=1S/C14H15NO6/c15-4-3-10(16)12(17)7-1-2-11-8(5-7)6-9(13(18)19)14(20)21-11/h1-2,5-6,10,12,16-17H,3-4,15H2,(H,18,19). The van der Waals surface area contributed by atoms with Crippen LogP contribution in [-0.2, 0) is 0 Å². The summed E-state index contributed by atoms with van der Waals surface area (Å²) in [6, 6.07) is 5.58. The van der Waals surface area contributed by atoms with Gasteiger partial charge in [0.25, 0.3) is 0 Å². The lowest BCUT2D eigenvalue weighted by atomic mass is 10.0. The lowest BCUT2D eigenvalue weighted by Gasteiger charge is -2.17. The highest BCUT2D eigenvalue weighted by atomic mass is 16.4. The Morgan fingerprint density at radius 2 is 2.00 bits per heavy atom. The number of aliphatic hydroxyl groups is 2. The van der Waals surface area contributed by atoms with Gasteiger partial charge < -0.3 is 25.5 Å². The van der Waals surface area contributed by atoms with E-state index >= 15 is 0 Å². The molecule has 2 atom stereocenters. The van der Waals surface area contributed by atoms with Gasteiger partial charge in [-0.1, -0.05) is 6.07 Å². The first-order valence-electron chi connectivity index (χ1n) is 6.31. The average molecular weight is 293 g/mol. The van der Waals surface area contributed by atoms with Crippen LogP contribution in [0.15, 0.2) is 33.5 Å². The average Bonchev–Trinajstić information content (AvgIpc) is 2.45. The predicted octanol–water partition coefficient (Wildman–Crippen LogP) is 0.234. The van der Waals surface area contributed by atoms with Crippen molar-refractivity contribution in [3.8, 4) is 0 Å². The van der Waals surface area contributed by atoms with Gasteiger partial charge >= 0.3 is 11.6 Å². The predicted molar refractivity (Wildman–Crippen MR) is 74.1 cm³/mol. The lowest BCUT2D eigenvalue weighted by molar-refractivity contribution is 0.0151. The van der Waals surface area contributed by atoms with Crippen molar-refractivity contribution in [3.63, 3.8) is 0 Å². The molecule has 1 aromatic carbocycles. The Hall–Kier alpha value is -2.22. The first kappa shape index (κ1) is 15.2. The van der Waals surface area contributed by atoms with Crippen molar-refractivity contribution in [2.45, 2.75) is 18.6 Å². The fourth-order valence-corrected chi connectivity index (χ4v) is 2.03. The third kappa shape index (κ3) is 3.10. The number of nitrogens with two attached hydrogens (primary N) is 1. The number of benzene rings is 1. The molecule has 21 heavy (non-hydrogen) atoms. The zero-order valence-corrected chi connectivity index (χ0v) is 11.0. The second-order valence-corrected chi connectivity index (χ2v) is 4.64. The highest BCUT2D eigenvalue weighted by Gasteiger charge is 2.19. The normalized spacial score (nSPS) is 14.0. The van der Waals surface area contributed by atoms with Gasteiger partial charge in [0.15, 0.2) is 0 Å². The zero-order chi connectivity index (χ0) is 15.6. The van der Waals surface area contributed by atoms with Crippen LogP contribution in [0.2, 0.25) is 0 Å². The van der Waals surface area contributed by atoms with Crippen molar-refractivity contribution in [1.82, 2.24) is 0 Å². The van der Waals surface area contributed by atoms with Crippen LogP contribution in [-0.4, -0.2) is 33.9 Å². The molecule has 0 saturated carbocycles. The van der Waals surface area contributed by atoms with Gasteiger partial charge in [0.05, 0.1) is 6.10 Å². The van der Waals surface area contributed by atoms with Gasteiger partial charge in [0, 0.05) is 5.39 Å². The Balaban J connectivity index is 2.47. The molecule has 2 aromatic rings. The molecule has 0 fully saturated rings. The van der Waals surface area contributed by atoms with E-state index in [1.54, 1.807) is 0 Å². The monoisotopic (exact) mass is 293 g/mol. The molecule has 1 aromatic heterocycles. The van der Waals surface area contributed by atoms with Crippen molar-refractivity contribution in [1.29, 1.82) is 0 Å². The second-order valence-electron chi connectivity index (χ2n) is 4.64. The van der Waals surface area contributed by atoms with Crippen molar-refractivity contribution in [2.24, 2.45) is 5.73 Å². The minimum atomic E-state index is -1.39. The van der Waals surface area contributed by atoms with Crippen LogP contribution in [0.1, 0.15) is 28.4 Å². The highest BCUT2D eigenvalue weighted by Crippen LogP contribution is 2.23. The molecule has 0 amide bonds. The molecule has 7 nitrogen and oxygen atoms in total. The van der Waals surface area contributed by atoms with Crippen molar-refractivity contribution in [3.05, 3.63) is 45.8 Å². The van der Waals surface area contributed by atoms with Gasteiger partial charge in [-0.3, -0.25) is 0 Å². The Morgan fingerprint density at radius 1 is 1.29 bits per heavy atom. The molecular formula is C14H15NO6. The van der Waals surface area contributed by atoms with E-state index < -0.39 is 29.4 Å². The van der Waals surface area contributed by atoms with Crippen molar-refractivity contribution in [2.75, 3.05) is 6.54 Å². The molecule has 0 radical (unpaired) electrons. The van der Waals surface area contributed by atoms with E-state index in [2.05, 4.69) is 0 Å². The molecule has 112 valence electrons. The Kier molecular flexibility index (Phi) is 4.37. The number of rotatable bonds is 5. The molecule has 0 aliphatic rings. The highest BCUT2D eigenvalue weighted by molar-refractivity contribution is 5.91. The van der Waals surface area contributed by atoms with Gasteiger partial charge in [0.2, 0.25) is 0 Å². The zero-order valence-electron chi connectivity index (χ0n) is 11.0. The first-order chi connectivity index (χ1) is 9.93. The molecule has 0 saturated heterocycles. The van der Waals surface area contributed by atoms with Crippen LogP contribution in [0.4, 0.5) is 0 Å². The summed E-state index contributed by atoms with van der Waals surface area (Å²) in [5, 5.41) is 29.0. The van der Waals surface area contributed by atoms with Gasteiger partial charge in [-0.2, -0.15) is 0 Å². The van der Waals surface area contributed by atoms with E-state index in [4.69, 9.17) is 15.3 Å². The summed E-state index contributed by atoms with van der Waals surface area (Å²) in [6.45, 7) is 0.226. The number of aliphatic hydroxyl groups excluding tert-OH is 2. The molecule has 0 aliphatic heterocycles. The maximum atomic E-state index is 11.4. The molecular weight excluding hydrogens is 278 g/mol. The van der Waals surface area contributed by atoms with Crippen LogP contribution in [0.3, 0.4) is 0 Å². The SMILES string of the molecule is NCCC(O)C(O)c1ccc2oc(=O)c(C(=O)O)cc2c1. The Bertz CT molecular complexity index is 723. The second kappa shape index (κ2) is 6.04. The van der Waals surface area contributed by atoms with E-state index in [-0.39, 0.29) is 18.5 Å². The summed E-state index contributed by atoms with van der Waals surface area (Å²) in [5.41, 5.74) is 4.48. The Labute approximate surface area is 119 Å². The van der Waals surface area contributed by atoms with Gasteiger partial charge in [0.1, 0.15) is 17.3 Å². The molecule has 2 unspecified atom stereocenters. The number of aromatic carboxylic acids is 1. The van der Waals surface area contributed by atoms with Crippen LogP contribution in [0.5, 0.6) is 0 Å². The first-order valence-corrected chi connectivity index (χ1v) is 6.31. The summed E-state index contributed by atoms with van der Waals surface area (Å²) in [6.07, 6.45) is -1.95.